The second kappa shape index (κ2) is 7.57. The zero-order valence-corrected chi connectivity index (χ0v) is 15.9. The van der Waals surface area contributed by atoms with Crippen molar-refractivity contribution in [1.82, 2.24) is 14.3 Å². The van der Waals surface area contributed by atoms with E-state index >= 15 is 0 Å². The zero-order chi connectivity index (χ0) is 19.6. The number of nitrogens with zero attached hydrogens (tertiary/aromatic N) is 4. The minimum atomic E-state index is -3.23. The smallest absolute Gasteiger partial charge is 0.270 e. The summed E-state index contributed by atoms with van der Waals surface area (Å²) in [7, 11) is -3.23. The van der Waals surface area contributed by atoms with E-state index in [9.17, 15) is 18.5 Å². The van der Waals surface area contributed by atoms with Gasteiger partial charge in [0, 0.05) is 48.6 Å². The van der Waals surface area contributed by atoms with Gasteiger partial charge in [0.15, 0.2) is 5.82 Å². The Morgan fingerprint density at radius 3 is 2.78 bits per heavy atom. The SMILES string of the molecule is Cc1cc(NC2CCCN(S(C)(=O)=O)C2)nc(-c2cccc([N+](=O)[O-])c2)n1. The van der Waals surface area contributed by atoms with Crippen molar-refractivity contribution in [2.24, 2.45) is 0 Å². The molecular weight excluding hydrogens is 370 g/mol. The van der Waals surface area contributed by atoms with Crippen molar-refractivity contribution in [2.75, 3.05) is 24.7 Å². The minimum absolute atomic E-state index is 0.0248. The molecular formula is C17H21N5O4S. The average molecular weight is 391 g/mol. The summed E-state index contributed by atoms with van der Waals surface area (Å²) >= 11 is 0. The Morgan fingerprint density at radius 1 is 1.30 bits per heavy atom. The van der Waals surface area contributed by atoms with Gasteiger partial charge >= 0.3 is 0 Å². The number of sulfonamides is 1. The van der Waals surface area contributed by atoms with Crippen molar-refractivity contribution in [3.05, 3.63) is 46.1 Å². The van der Waals surface area contributed by atoms with Gasteiger partial charge in [-0.2, -0.15) is 0 Å². The van der Waals surface area contributed by atoms with Crippen LogP contribution in [0.15, 0.2) is 30.3 Å². The molecule has 1 unspecified atom stereocenters. The third-order valence-corrected chi connectivity index (χ3v) is 5.64. The molecule has 1 saturated heterocycles. The minimum Gasteiger partial charge on any atom is -0.366 e. The molecule has 1 N–H and O–H groups in total. The largest absolute Gasteiger partial charge is 0.366 e. The number of nitro benzene ring substituents is 1. The summed E-state index contributed by atoms with van der Waals surface area (Å²) in [5.74, 6) is 0.960. The number of aryl methyl sites for hydroxylation is 1. The van der Waals surface area contributed by atoms with Crippen LogP contribution in [-0.2, 0) is 10.0 Å². The highest BCUT2D eigenvalue weighted by molar-refractivity contribution is 7.88. The van der Waals surface area contributed by atoms with E-state index in [1.807, 2.05) is 6.92 Å². The Labute approximate surface area is 157 Å². The molecule has 1 aromatic carbocycles. The number of anilines is 1. The van der Waals surface area contributed by atoms with Gasteiger partial charge < -0.3 is 5.32 Å². The lowest BCUT2D eigenvalue weighted by atomic mass is 10.1. The fraction of sp³-hybridized carbons (Fsp3) is 0.412. The standard InChI is InChI=1S/C17H21N5O4S/c1-12-9-16(19-14-6-4-8-21(11-14)27(2,25)26)20-17(18-12)13-5-3-7-15(10-13)22(23)24/h3,5,7,9-10,14H,4,6,8,11H2,1-2H3,(H,18,19,20). The summed E-state index contributed by atoms with van der Waals surface area (Å²) in [5.41, 5.74) is 1.24. The third kappa shape index (κ3) is 4.77. The molecule has 1 aromatic heterocycles. The van der Waals surface area contributed by atoms with Gasteiger partial charge in [-0.05, 0) is 19.8 Å². The Balaban J connectivity index is 1.84. The Morgan fingerprint density at radius 2 is 2.07 bits per heavy atom. The van der Waals surface area contributed by atoms with Crippen LogP contribution in [0.3, 0.4) is 0 Å². The Bertz CT molecular complexity index is 964. The third-order valence-electron chi connectivity index (χ3n) is 4.37. The van der Waals surface area contributed by atoms with Gasteiger partial charge in [0.25, 0.3) is 5.69 Å². The number of benzene rings is 1. The summed E-state index contributed by atoms with van der Waals surface area (Å²) in [6.45, 7) is 2.73. The number of hydrogen-bond acceptors (Lipinski definition) is 7. The van der Waals surface area contributed by atoms with E-state index in [2.05, 4.69) is 15.3 Å². The van der Waals surface area contributed by atoms with Gasteiger partial charge in [0.2, 0.25) is 10.0 Å². The van der Waals surface area contributed by atoms with Crippen LogP contribution in [-0.4, -0.2) is 53.0 Å². The predicted molar refractivity (Wildman–Crippen MR) is 102 cm³/mol. The van der Waals surface area contributed by atoms with Gasteiger partial charge in [-0.3, -0.25) is 10.1 Å². The molecule has 1 aliphatic rings. The fourth-order valence-corrected chi connectivity index (χ4v) is 4.01. The van der Waals surface area contributed by atoms with E-state index in [0.717, 1.165) is 12.8 Å². The molecule has 0 bridgehead atoms. The number of aromatic nitrogens is 2. The molecule has 0 aliphatic carbocycles. The number of nitro groups is 1. The molecule has 9 nitrogen and oxygen atoms in total. The van der Waals surface area contributed by atoms with E-state index in [4.69, 9.17) is 0 Å². The molecule has 0 amide bonds. The molecule has 1 aliphatic heterocycles. The van der Waals surface area contributed by atoms with Crippen molar-refractivity contribution in [3.63, 3.8) is 0 Å². The highest BCUT2D eigenvalue weighted by Crippen LogP contribution is 2.23. The second-order valence-corrected chi connectivity index (χ2v) is 8.61. The number of non-ortho nitro benzene ring substituents is 1. The van der Waals surface area contributed by atoms with Crippen molar-refractivity contribution in [2.45, 2.75) is 25.8 Å². The molecule has 1 atom stereocenters. The van der Waals surface area contributed by atoms with Crippen LogP contribution in [0.2, 0.25) is 0 Å². The van der Waals surface area contributed by atoms with Crippen LogP contribution >= 0.6 is 0 Å². The maximum Gasteiger partial charge on any atom is 0.270 e. The molecule has 1 fully saturated rings. The monoisotopic (exact) mass is 391 g/mol. The van der Waals surface area contributed by atoms with Crippen LogP contribution in [0.4, 0.5) is 11.5 Å². The van der Waals surface area contributed by atoms with E-state index in [1.165, 1.54) is 22.7 Å². The zero-order valence-electron chi connectivity index (χ0n) is 15.1. The highest BCUT2D eigenvalue weighted by Gasteiger charge is 2.26. The maximum absolute atomic E-state index is 11.8. The van der Waals surface area contributed by atoms with E-state index in [0.29, 0.717) is 36.0 Å². The predicted octanol–water partition coefficient (Wildman–Crippen LogP) is 2.20. The molecule has 27 heavy (non-hydrogen) atoms. The first kappa shape index (κ1) is 19.2. The average Bonchev–Trinajstić information content (AvgIpc) is 2.61. The van der Waals surface area contributed by atoms with Crippen LogP contribution in [0.5, 0.6) is 0 Å². The first-order chi connectivity index (χ1) is 12.7. The molecule has 0 radical (unpaired) electrons. The number of piperidine rings is 1. The van der Waals surface area contributed by atoms with Crippen molar-refractivity contribution in [3.8, 4) is 11.4 Å². The van der Waals surface area contributed by atoms with Crippen molar-refractivity contribution < 1.29 is 13.3 Å². The summed E-state index contributed by atoms with van der Waals surface area (Å²) in [6, 6.07) is 7.89. The quantitative estimate of drug-likeness (QED) is 0.613. The molecule has 2 aromatic rings. The van der Waals surface area contributed by atoms with Gasteiger partial charge in [-0.25, -0.2) is 22.7 Å². The topological polar surface area (TPSA) is 118 Å². The molecule has 3 rings (SSSR count). The summed E-state index contributed by atoms with van der Waals surface area (Å²) < 4.78 is 25.0. The van der Waals surface area contributed by atoms with Gasteiger partial charge in [-0.1, -0.05) is 12.1 Å². The fourth-order valence-electron chi connectivity index (χ4n) is 3.10. The molecule has 0 saturated carbocycles. The lowest BCUT2D eigenvalue weighted by molar-refractivity contribution is -0.384. The van der Waals surface area contributed by atoms with Crippen LogP contribution in [0.1, 0.15) is 18.5 Å². The normalized spacial score (nSPS) is 18.2. The van der Waals surface area contributed by atoms with E-state index in [-0.39, 0.29) is 11.7 Å². The number of rotatable bonds is 5. The molecule has 10 heteroatoms. The number of nitrogens with one attached hydrogen (secondary N) is 1. The van der Waals surface area contributed by atoms with Gasteiger partial charge in [0.1, 0.15) is 5.82 Å². The molecule has 2 heterocycles. The maximum atomic E-state index is 11.8. The van der Waals surface area contributed by atoms with Crippen LogP contribution < -0.4 is 5.32 Å². The first-order valence-electron chi connectivity index (χ1n) is 8.54. The first-order valence-corrected chi connectivity index (χ1v) is 10.4. The highest BCUT2D eigenvalue weighted by atomic mass is 32.2. The molecule has 144 valence electrons. The van der Waals surface area contributed by atoms with Crippen molar-refractivity contribution in [1.29, 1.82) is 0 Å². The number of hydrogen-bond donors (Lipinski definition) is 1. The second-order valence-electron chi connectivity index (χ2n) is 6.63. The lowest BCUT2D eigenvalue weighted by Gasteiger charge is -2.31. The molecule has 0 spiro atoms. The summed E-state index contributed by atoms with van der Waals surface area (Å²) in [6.07, 6.45) is 2.82. The summed E-state index contributed by atoms with van der Waals surface area (Å²) in [5, 5.41) is 14.3. The lowest BCUT2D eigenvalue weighted by Crippen LogP contribution is -2.44. The summed E-state index contributed by atoms with van der Waals surface area (Å²) in [4.78, 5) is 19.4. The van der Waals surface area contributed by atoms with E-state index in [1.54, 1.807) is 18.2 Å². The van der Waals surface area contributed by atoms with Gasteiger partial charge in [0.05, 0.1) is 11.2 Å². The van der Waals surface area contributed by atoms with Crippen molar-refractivity contribution >= 4 is 21.5 Å². The van der Waals surface area contributed by atoms with Crippen LogP contribution in [0.25, 0.3) is 11.4 Å². The van der Waals surface area contributed by atoms with E-state index < -0.39 is 14.9 Å². The Kier molecular flexibility index (Phi) is 5.38. The Hall–Kier alpha value is -2.59. The van der Waals surface area contributed by atoms with Crippen LogP contribution in [0, 0.1) is 17.0 Å². The van der Waals surface area contributed by atoms with Gasteiger partial charge in [-0.15, -0.1) is 0 Å².